The Morgan fingerprint density at radius 1 is 1.47 bits per heavy atom. The predicted molar refractivity (Wildman–Crippen MR) is 67.7 cm³/mol. The highest BCUT2D eigenvalue weighted by atomic mass is 16.4. The van der Waals surface area contributed by atoms with E-state index in [1.807, 2.05) is 6.92 Å². The Labute approximate surface area is 111 Å². The average molecular weight is 269 g/mol. The van der Waals surface area contributed by atoms with Crippen molar-refractivity contribution in [3.05, 3.63) is 17.3 Å². The molecule has 1 atom stereocenters. The lowest BCUT2D eigenvalue weighted by Crippen LogP contribution is -2.46. The standard InChI is InChI=1S/C12H19N3O4/c1-5-9(11(16)17)15(4)12(18)13-6-10-14-7(2)8(3)19-10/h9H,5-6H2,1-4H3,(H,13,18)(H,16,17). The highest BCUT2D eigenvalue weighted by molar-refractivity contribution is 5.82. The van der Waals surface area contributed by atoms with E-state index in [0.717, 1.165) is 10.6 Å². The lowest BCUT2D eigenvalue weighted by molar-refractivity contribution is -0.141. The van der Waals surface area contributed by atoms with Gasteiger partial charge in [-0.3, -0.25) is 0 Å². The van der Waals surface area contributed by atoms with Gasteiger partial charge >= 0.3 is 12.0 Å². The fraction of sp³-hybridized carbons (Fsp3) is 0.583. The Bertz CT molecular complexity index is 450. The van der Waals surface area contributed by atoms with E-state index in [1.54, 1.807) is 13.8 Å². The Morgan fingerprint density at radius 3 is 2.53 bits per heavy atom. The number of carboxylic acids is 1. The van der Waals surface area contributed by atoms with Gasteiger partial charge in [0.05, 0.1) is 12.2 Å². The molecular formula is C12H19N3O4. The molecule has 7 heteroatoms. The average Bonchev–Trinajstić information content (AvgIpc) is 2.66. The highest BCUT2D eigenvalue weighted by Gasteiger charge is 2.24. The molecule has 0 aromatic carbocycles. The first-order valence-corrected chi connectivity index (χ1v) is 6.03. The lowest BCUT2D eigenvalue weighted by atomic mass is 10.2. The van der Waals surface area contributed by atoms with Crippen molar-refractivity contribution in [2.24, 2.45) is 0 Å². The first-order valence-electron chi connectivity index (χ1n) is 6.03. The second-order valence-corrected chi connectivity index (χ2v) is 4.28. The van der Waals surface area contributed by atoms with Crippen molar-refractivity contribution in [3.8, 4) is 0 Å². The summed E-state index contributed by atoms with van der Waals surface area (Å²) in [5, 5.41) is 11.5. The van der Waals surface area contributed by atoms with Crippen LogP contribution in [-0.4, -0.2) is 40.1 Å². The second kappa shape index (κ2) is 6.21. The molecule has 7 nitrogen and oxygen atoms in total. The van der Waals surface area contributed by atoms with Crippen molar-refractivity contribution < 1.29 is 19.1 Å². The van der Waals surface area contributed by atoms with Crippen LogP contribution in [-0.2, 0) is 11.3 Å². The number of oxazole rings is 1. The predicted octanol–water partition coefficient (Wildman–Crippen LogP) is 1.30. The summed E-state index contributed by atoms with van der Waals surface area (Å²) in [5.41, 5.74) is 0.773. The van der Waals surface area contributed by atoms with Crippen LogP contribution >= 0.6 is 0 Å². The number of amides is 2. The molecule has 1 aromatic rings. The molecule has 0 spiro atoms. The van der Waals surface area contributed by atoms with Crippen molar-refractivity contribution in [2.45, 2.75) is 39.8 Å². The van der Waals surface area contributed by atoms with Gasteiger partial charge in [-0.1, -0.05) is 6.92 Å². The van der Waals surface area contributed by atoms with Crippen molar-refractivity contribution in [3.63, 3.8) is 0 Å². The first-order chi connectivity index (χ1) is 8.86. The monoisotopic (exact) mass is 269 g/mol. The smallest absolute Gasteiger partial charge is 0.326 e. The van der Waals surface area contributed by atoms with E-state index in [9.17, 15) is 9.59 Å². The fourth-order valence-corrected chi connectivity index (χ4v) is 1.65. The molecule has 2 amide bonds. The SMILES string of the molecule is CCC(C(=O)O)N(C)C(=O)NCc1nc(C)c(C)o1. The quantitative estimate of drug-likeness (QED) is 0.839. The van der Waals surface area contributed by atoms with E-state index in [4.69, 9.17) is 9.52 Å². The first kappa shape index (κ1) is 15.0. The summed E-state index contributed by atoms with van der Waals surface area (Å²) < 4.78 is 5.32. The van der Waals surface area contributed by atoms with Gasteiger partial charge in [0.25, 0.3) is 0 Å². The van der Waals surface area contributed by atoms with Crippen LogP contribution in [0.2, 0.25) is 0 Å². The number of likely N-dealkylation sites (N-methyl/N-ethyl adjacent to an activating group) is 1. The van der Waals surface area contributed by atoms with Crippen LogP contribution in [0.5, 0.6) is 0 Å². The van der Waals surface area contributed by atoms with Gasteiger partial charge in [-0.25, -0.2) is 14.6 Å². The molecule has 0 saturated carbocycles. The Kier molecular flexibility index (Phi) is 4.91. The van der Waals surface area contributed by atoms with E-state index < -0.39 is 18.0 Å². The van der Waals surface area contributed by atoms with E-state index in [0.29, 0.717) is 18.1 Å². The summed E-state index contributed by atoms with van der Waals surface area (Å²) in [4.78, 5) is 28.0. The van der Waals surface area contributed by atoms with Crippen LogP contribution in [0, 0.1) is 13.8 Å². The van der Waals surface area contributed by atoms with Crippen LogP contribution in [0.25, 0.3) is 0 Å². The van der Waals surface area contributed by atoms with Crippen molar-refractivity contribution in [2.75, 3.05) is 7.05 Å². The molecule has 106 valence electrons. The number of rotatable bonds is 5. The molecule has 1 unspecified atom stereocenters. The van der Waals surface area contributed by atoms with Gasteiger partial charge in [-0.2, -0.15) is 0 Å². The van der Waals surface area contributed by atoms with Gasteiger partial charge < -0.3 is 19.7 Å². The van der Waals surface area contributed by atoms with Gasteiger partial charge in [0.1, 0.15) is 11.8 Å². The Balaban J connectivity index is 2.57. The molecule has 1 aromatic heterocycles. The summed E-state index contributed by atoms with van der Waals surface area (Å²) in [6, 6.07) is -1.31. The third-order valence-electron chi connectivity index (χ3n) is 2.92. The molecule has 0 saturated heterocycles. The maximum absolute atomic E-state index is 11.8. The minimum absolute atomic E-state index is 0.133. The normalized spacial score (nSPS) is 12.0. The largest absolute Gasteiger partial charge is 0.480 e. The molecule has 1 heterocycles. The number of carbonyl (C=O) groups excluding carboxylic acids is 1. The van der Waals surface area contributed by atoms with Crippen molar-refractivity contribution >= 4 is 12.0 Å². The number of carboxylic acid groups (broad SMARTS) is 1. The molecule has 2 N–H and O–H groups in total. The number of hydrogen-bond donors (Lipinski definition) is 2. The number of aromatic nitrogens is 1. The van der Waals surface area contributed by atoms with E-state index in [1.165, 1.54) is 7.05 Å². The van der Waals surface area contributed by atoms with Gasteiger partial charge in [0.15, 0.2) is 0 Å². The topological polar surface area (TPSA) is 95.7 Å². The molecule has 0 radical (unpaired) electrons. The molecule has 0 fully saturated rings. The van der Waals surface area contributed by atoms with Crippen LogP contribution in [0.4, 0.5) is 4.79 Å². The molecule has 0 aliphatic heterocycles. The van der Waals surface area contributed by atoms with Crippen LogP contribution < -0.4 is 5.32 Å². The third-order valence-corrected chi connectivity index (χ3v) is 2.92. The second-order valence-electron chi connectivity index (χ2n) is 4.28. The van der Waals surface area contributed by atoms with E-state index in [2.05, 4.69) is 10.3 Å². The minimum atomic E-state index is -1.03. The molecule has 0 aliphatic rings. The number of nitrogens with zero attached hydrogens (tertiary/aromatic N) is 2. The zero-order valence-corrected chi connectivity index (χ0v) is 11.6. The highest BCUT2D eigenvalue weighted by Crippen LogP contribution is 2.08. The van der Waals surface area contributed by atoms with Gasteiger partial charge in [0.2, 0.25) is 5.89 Å². The van der Waals surface area contributed by atoms with Crippen LogP contribution in [0.1, 0.15) is 30.7 Å². The third kappa shape index (κ3) is 3.70. The van der Waals surface area contributed by atoms with Crippen molar-refractivity contribution in [1.82, 2.24) is 15.2 Å². The maximum atomic E-state index is 11.8. The number of aryl methyl sites for hydroxylation is 2. The van der Waals surface area contributed by atoms with Gasteiger partial charge in [-0.05, 0) is 20.3 Å². The van der Waals surface area contributed by atoms with Crippen LogP contribution in [0.3, 0.4) is 0 Å². The number of aliphatic carboxylic acids is 1. The minimum Gasteiger partial charge on any atom is -0.480 e. The van der Waals surface area contributed by atoms with Gasteiger partial charge in [-0.15, -0.1) is 0 Å². The zero-order valence-electron chi connectivity index (χ0n) is 11.6. The summed E-state index contributed by atoms with van der Waals surface area (Å²) in [6.45, 7) is 5.45. The number of hydrogen-bond acceptors (Lipinski definition) is 4. The summed E-state index contributed by atoms with van der Waals surface area (Å²) in [5.74, 6) is 0.0812. The molecule has 0 bridgehead atoms. The summed E-state index contributed by atoms with van der Waals surface area (Å²) in [6.07, 6.45) is 0.344. The van der Waals surface area contributed by atoms with Crippen LogP contribution in [0.15, 0.2) is 4.42 Å². The molecular weight excluding hydrogens is 250 g/mol. The summed E-state index contributed by atoms with van der Waals surface area (Å²) in [7, 11) is 1.45. The maximum Gasteiger partial charge on any atom is 0.326 e. The van der Waals surface area contributed by atoms with E-state index in [-0.39, 0.29) is 6.54 Å². The number of nitrogens with one attached hydrogen (secondary N) is 1. The van der Waals surface area contributed by atoms with Gasteiger partial charge in [0, 0.05) is 7.05 Å². The van der Waals surface area contributed by atoms with Crippen molar-refractivity contribution in [1.29, 1.82) is 0 Å². The molecule has 19 heavy (non-hydrogen) atoms. The summed E-state index contributed by atoms with van der Waals surface area (Å²) >= 11 is 0. The van der Waals surface area contributed by atoms with E-state index >= 15 is 0 Å². The number of carbonyl (C=O) groups is 2. The molecule has 1 rings (SSSR count). The Hall–Kier alpha value is -2.05. The number of urea groups is 1. The lowest BCUT2D eigenvalue weighted by Gasteiger charge is -2.23. The fourth-order valence-electron chi connectivity index (χ4n) is 1.65. The zero-order chi connectivity index (χ0) is 14.6. The molecule has 0 aliphatic carbocycles. The Morgan fingerprint density at radius 2 is 2.11 bits per heavy atom.